The molecule has 0 aromatic carbocycles. The van der Waals surface area contributed by atoms with Gasteiger partial charge in [0, 0.05) is 6.92 Å². The Morgan fingerprint density at radius 2 is 2.07 bits per heavy atom. The fourth-order valence-corrected chi connectivity index (χ4v) is 1.08. The van der Waals surface area contributed by atoms with Crippen LogP contribution in [0.3, 0.4) is 0 Å². The minimum Gasteiger partial charge on any atom is -0.324 e. The van der Waals surface area contributed by atoms with Crippen LogP contribution in [0.4, 0.5) is 18.9 Å². The van der Waals surface area contributed by atoms with E-state index in [0.717, 1.165) is 12.1 Å². The van der Waals surface area contributed by atoms with Crippen molar-refractivity contribution in [3.05, 3.63) is 23.0 Å². The van der Waals surface area contributed by atoms with Crippen LogP contribution in [0.1, 0.15) is 12.6 Å². The first kappa shape index (κ1) is 11.8. The van der Waals surface area contributed by atoms with E-state index in [1.54, 1.807) is 0 Å². The number of amides is 1. The maximum Gasteiger partial charge on any atom is 0.433 e. The molecule has 1 amide bonds. The predicted molar refractivity (Wildman–Crippen MR) is 48.6 cm³/mol. The van der Waals surface area contributed by atoms with Gasteiger partial charge in [0.15, 0.2) is 5.15 Å². The zero-order chi connectivity index (χ0) is 11.6. The molecule has 1 N–H and O–H groups in total. The molecule has 0 atom stereocenters. The summed E-state index contributed by atoms with van der Waals surface area (Å²) in [5, 5.41) is 1.86. The van der Waals surface area contributed by atoms with Crippen molar-refractivity contribution in [3.63, 3.8) is 0 Å². The van der Waals surface area contributed by atoms with Gasteiger partial charge in [-0.15, -0.1) is 0 Å². The normalized spacial score (nSPS) is 11.3. The van der Waals surface area contributed by atoms with Crippen LogP contribution in [0, 0.1) is 0 Å². The number of alkyl halides is 3. The highest BCUT2D eigenvalue weighted by molar-refractivity contribution is 6.32. The molecule has 15 heavy (non-hydrogen) atoms. The number of nitrogens with one attached hydrogen (secondary N) is 1. The highest BCUT2D eigenvalue weighted by Crippen LogP contribution is 2.30. The first-order valence-electron chi connectivity index (χ1n) is 3.82. The van der Waals surface area contributed by atoms with Crippen LogP contribution in [0.2, 0.25) is 5.15 Å². The maximum absolute atomic E-state index is 12.2. The lowest BCUT2D eigenvalue weighted by Gasteiger charge is -2.08. The largest absolute Gasteiger partial charge is 0.433 e. The van der Waals surface area contributed by atoms with E-state index in [1.165, 1.54) is 6.92 Å². The van der Waals surface area contributed by atoms with E-state index in [4.69, 9.17) is 11.6 Å². The molecule has 0 spiro atoms. The van der Waals surface area contributed by atoms with Gasteiger partial charge in [-0.3, -0.25) is 4.79 Å². The molecule has 0 unspecified atom stereocenters. The van der Waals surface area contributed by atoms with Crippen LogP contribution >= 0.6 is 11.6 Å². The van der Waals surface area contributed by atoms with Gasteiger partial charge in [-0.2, -0.15) is 13.2 Å². The number of halogens is 4. The molecule has 0 aliphatic carbocycles. The summed E-state index contributed by atoms with van der Waals surface area (Å²) in [5.41, 5.74) is -1.04. The van der Waals surface area contributed by atoms with Gasteiger partial charge < -0.3 is 5.32 Å². The highest BCUT2D eigenvalue weighted by atomic mass is 35.5. The Bertz CT molecular complexity index is 392. The number of hydrogen-bond acceptors (Lipinski definition) is 2. The third kappa shape index (κ3) is 3.09. The molecule has 0 radical (unpaired) electrons. The average molecular weight is 239 g/mol. The monoisotopic (exact) mass is 238 g/mol. The Morgan fingerprint density at radius 1 is 1.47 bits per heavy atom. The second-order valence-electron chi connectivity index (χ2n) is 2.71. The molecule has 0 bridgehead atoms. The van der Waals surface area contributed by atoms with Gasteiger partial charge in [0.1, 0.15) is 5.69 Å². The molecule has 0 aliphatic heterocycles. The average Bonchev–Trinajstić information content (AvgIpc) is 2.05. The molecular formula is C8H6ClF3N2O. The second kappa shape index (κ2) is 4.06. The zero-order valence-corrected chi connectivity index (χ0v) is 8.28. The van der Waals surface area contributed by atoms with Crippen molar-refractivity contribution in [1.82, 2.24) is 4.98 Å². The van der Waals surface area contributed by atoms with Gasteiger partial charge in [-0.25, -0.2) is 4.98 Å². The molecule has 1 rings (SSSR count). The van der Waals surface area contributed by atoms with Crippen molar-refractivity contribution in [2.45, 2.75) is 13.1 Å². The minimum absolute atomic E-state index is 0.0529. The van der Waals surface area contributed by atoms with Gasteiger partial charge in [-0.05, 0) is 12.1 Å². The molecule has 7 heteroatoms. The van der Waals surface area contributed by atoms with Gasteiger partial charge in [0.2, 0.25) is 5.91 Å². The molecule has 0 aliphatic rings. The molecule has 3 nitrogen and oxygen atoms in total. The Hall–Kier alpha value is -1.30. The number of anilines is 1. The molecular weight excluding hydrogens is 233 g/mol. The van der Waals surface area contributed by atoms with Gasteiger partial charge in [-0.1, -0.05) is 11.6 Å². The lowest BCUT2D eigenvalue weighted by atomic mass is 10.3. The number of carbonyl (C=O) groups excluding carboxylic acids is 1. The molecule has 1 aromatic rings. The SMILES string of the molecule is CC(=O)Nc1ccc(C(F)(F)F)nc1Cl. The summed E-state index contributed by atoms with van der Waals surface area (Å²) in [6.45, 7) is 1.22. The maximum atomic E-state index is 12.2. The van der Waals surface area contributed by atoms with E-state index in [0.29, 0.717) is 0 Å². The Kier molecular flexibility index (Phi) is 3.18. The summed E-state index contributed by atoms with van der Waals surface area (Å²) in [7, 11) is 0. The molecule has 82 valence electrons. The lowest BCUT2D eigenvalue weighted by molar-refractivity contribution is -0.141. The zero-order valence-electron chi connectivity index (χ0n) is 7.52. The number of rotatable bonds is 1. The second-order valence-corrected chi connectivity index (χ2v) is 3.07. The van der Waals surface area contributed by atoms with Crippen molar-refractivity contribution in [3.8, 4) is 0 Å². The van der Waals surface area contributed by atoms with Crippen LogP contribution in [0.25, 0.3) is 0 Å². The molecule has 1 heterocycles. The van der Waals surface area contributed by atoms with Gasteiger partial charge in [0.05, 0.1) is 5.69 Å². The van der Waals surface area contributed by atoms with Crippen molar-refractivity contribution < 1.29 is 18.0 Å². The summed E-state index contributed by atoms with van der Waals surface area (Å²) in [6.07, 6.45) is -4.54. The summed E-state index contributed by atoms with van der Waals surface area (Å²) in [4.78, 5) is 13.8. The summed E-state index contributed by atoms with van der Waals surface area (Å²) >= 11 is 5.45. The first-order chi connectivity index (χ1) is 6.80. The van der Waals surface area contributed by atoms with E-state index >= 15 is 0 Å². The highest BCUT2D eigenvalue weighted by Gasteiger charge is 2.32. The molecule has 0 saturated heterocycles. The predicted octanol–water partition coefficient (Wildman–Crippen LogP) is 2.71. The number of carbonyl (C=O) groups is 1. The van der Waals surface area contributed by atoms with Crippen LogP contribution in [0.5, 0.6) is 0 Å². The van der Waals surface area contributed by atoms with Crippen molar-refractivity contribution >= 4 is 23.2 Å². The quantitative estimate of drug-likeness (QED) is 0.765. The topological polar surface area (TPSA) is 42.0 Å². The smallest absolute Gasteiger partial charge is 0.324 e. The number of pyridine rings is 1. The third-order valence-corrected chi connectivity index (χ3v) is 1.74. The van der Waals surface area contributed by atoms with Crippen molar-refractivity contribution in [2.24, 2.45) is 0 Å². The van der Waals surface area contributed by atoms with Crippen LogP contribution < -0.4 is 5.32 Å². The first-order valence-corrected chi connectivity index (χ1v) is 4.20. The number of hydrogen-bond donors (Lipinski definition) is 1. The Labute approximate surface area is 88.3 Å². The Balaban J connectivity index is 3.03. The van der Waals surface area contributed by atoms with Crippen molar-refractivity contribution in [1.29, 1.82) is 0 Å². The van der Waals surface area contributed by atoms with Crippen LogP contribution in [-0.2, 0) is 11.0 Å². The molecule has 0 saturated carbocycles. The van der Waals surface area contributed by atoms with Gasteiger partial charge >= 0.3 is 6.18 Å². The van der Waals surface area contributed by atoms with Crippen LogP contribution in [0.15, 0.2) is 12.1 Å². The van der Waals surface area contributed by atoms with E-state index in [1.807, 2.05) is 0 Å². The lowest BCUT2D eigenvalue weighted by Crippen LogP contribution is -2.11. The third-order valence-electron chi connectivity index (χ3n) is 1.45. The molecule has 1 aromatic heterocycles. The number of nitrogens with zero attached hydrogens (tertiary/aromatic N) is 1. The summed E-state index contributed by atoms with van der Waals surface area (Å²) < 4.78 is 36.5. The fraction of sp³-hybridized carbons (Fsp3) is 0.250. The molecule has 0 fully saturated rings. The van der Waals surface area contributed by atoms with E-state index < -0.39 is 17.8 Å². The fourth-order valence-electron chi connectivity index (χ4n) is 0.875. The van der Waals surface area contributed by atoms with Gasteiger partial charge in [0.25, 0.3) is 0 Å². The summed E-state index contributed by atoms with van der Waals surface area (Å²) in [5.74, 6) is -0.432. The van der Waals surface area contributed by atoms with Crippen molar-refractivity contribution in [2.75, 3.05) is 5.32 Å². The minimum atomic E-state index is -4.54. The van der Waals surface area contributed by atoms with E-state index in [2.05, 4.69) is 10.3 Å². The standard InChI is InChI=1S/C8H6ClF3N2O/c1-4(15)13-5-2-3-6(8(10,11)12)14-7(5)9/h2-3H,1H3,(H,13,15). The Morgan fingerprint density at radius 3 is 2.47 bits per heavy atom. The van der Waals surface area contributed by atoms with E-state index in [9.17, 15) is 18.0 Å². The van der Waals surface area contributed by atoms with E-state index in [-0.39, 0.29) is 10.8 Å². The van der Waals surface area contributed by atoms with Crippen LogP contribution in [-0.4, -0.2) is 10.9 Å². The summed E-state index contributed by atoms with van der Waals surface area (Å²) in [6, 6.07) is 1.80. The number of aromatic nitrogens is 1.